The van der Waals surface area contributed by atoms with E-state index < -0.39 is 35.4 Å². The second-order valence-corrected chi connectivity index (χ2v) is 9.58. The number of ether oxygens (including phenoxy) is 1. The normalized spacial score (nSPS) is 15.4. The lowest BCUT2D eigenvalue weighted by atomic mass is 10.0. The molecule has 0 radical (unpaired) electrons. The number of halogens is 3. The summed E-state index contributed by atoms with van der Waals surface area (Å²) < 4.78 is 33.9. The molecule has 1 aromatic heterocycles. The van der Waals surface area contributed by atoms with Crippen molar-refractivity contribution < 1.29 is 27.9 Å². The van der Waals surface area contributed by atoms with E-state index in [9.17, 15) is 23.2 Å². The minimum Gasteiger partial charge on any atom is -0.453 e. The molecule has 1 aliphatic heterocycles. The van der Waals surface area contributed by atoms with Crippen LogP contribution in [-0.4, -0.2) is 65.4 Å². The average Bonchev–Trinajstić information content (AvgIpc) is 2.95. The summed E-state index contributed by atoms with van der Waals surface area (Å²) in [5.74, 6) is -4.23. The molecule has 13 heteroatoms. The number of benzene rings is 2. The Bertz CT molecular complexity index is 1440. The molecule has 0 spiro atoms. The number of hydrogen-bond donors (Lipinski definition) is 2. The van der Waals surface area contributed by atoms with Gasteiger partial charge in [0, 0.05) is 43.7 Å². The lowest BCUT2D eigenvalue weighted by Crippen LogP contribution is -2.60. The molecule has 10 nitrogen and oxygen atoms in total. The fourth-order valence-corrected chi connectivity index (χ4v) is 4.46. The molecule has 41 heavy (non-hydrogen) atoms. The van der Waals surface area contributed by atoms with Crippen LogP contribution in [0.25, 0.3) is 0 Å². The maximum atomic E-state index is 14.9. The molecule has 3 N–H and O–H groups in total. The Hall–Kier alpha value is -4.29. The Morgan fingerprint density at radius 2 is 1.83 bits per heavy atom. The lowest BCUT2D eigenvalue weighted by Gasteiger charge is -2.38. The van der Waals surface area contributed by atoms with Gasteiger partial charge in [0.25, 0.3) is 0 Å². The van der Waals surface area contributed by atoms with Crippen molar-refractivity contribution in [3.63, 3.8) is 0 Å². The van der Waals surface area contributed by atoms with E-state index in [1.807, 2.05) is 13.8 Å². The predicted octanol–water partition coefficient (Wildman–Crippen LogP) is 4.75. The first-order chi connectivity index (χ1) is 19.6. The van der Waals surface area contributed by atoms with Crippen LogP contribution in [0.3, 0.4) is 0 Å². The Balaban J connectivity index is 1.54. The van der Waals surface area contributed by atoms with Crippen LogP contribution >= 0.6 is 11.6 Å². The van der Waals surface area contributed by atoms with Gasteiger partial charge < -0.3 is 25.6 Å². The van der Waals surface area contributed by atoms with Gasteiger partial charge in [0.2, 0.25) is 11.8 Å². The average molecular weight is 587 g/mol. The molecule has 0 saturated carbocycles. The molecule has 0 aliphatic carbocycles. The van der Waals surface area contributed by atoms with Crippen LogP contribution in [0, 0.1) is 17.6 Å². The first kappa shape index (κ1) is 29.7. The molecule has 2 heterocycles. The van der Waals surface area contributed by atoms with Crippen molar-refractivity contribution >= 4 is 46.6 Å². The number of aromatic nitrogens is 1. The first-order valence-electron chi connectivity index (χ1n) is 12.9. The van der Waals surface area contributed by atoms with Crippen LogP contribution < -0.4 is 20.7 Å². The zero-order valence-corrected chi connectivity index (χ0v) is 23.2. The molecule has 2 aromatic carbocycles. The molecule has 1 saturated heterocycles. The van der Waals surface area contributed by atoms with Gasteiger partial charge in [0.1, 0.15) is 22.6 Å². The standard InChI is InChI=1S/C28H29ClF2N6O4/c1-3-35(4-2)13-14-36-16-20(27(39)37(28(36)40)19-8-5-17(30)6-9-19)26(38)34-18-7-10-22(21(31)15-18)41-23-11-12-33-25(32)24(23)29/h5-12,15,20H,3-4,13-14,16H2,1-2H3,(H2,32,33)(H,34,38). The molecule has 3 aromatic rings. The summed E-state index contributed by atoms with van der Waals surface area (Å²) in [4.78, 5) is 48.3. The van der Waals surface area contributed by atoms with E-state index in [1.54, 1.807) is 0 Å². The van der Waals surface area contributed by atoms with Gasteiger partial charge >= 0.3 is 6.03 Å². The molecule has 4 rings (SSSR count). The summed E-state index contributed by atoms with van der Waals surface area (Å²) in [6, 6.07) is 9.35. The molecule has 1 fully saturated rings. The number of carbonyl (C=O) groups excluding carboxylic acids is 3. The van der Waals surface area contributed by atoms with Gasteiger partial charge in [0.15, 0.2) is 17.3 Å². The zero-order chi connectivity index (χ0) is 29.7. The predicted molar refractivity (Wildman–Crippen MR) is 151 cm³/mol. The highest BCUT2D eigenvalue weighted by Gasteiger charge is 2.43. The summed E-state index contributed by atoms with van der Waals surface area (Å²) in [7, 11) is 0. The number of nitrogens with one attached hydrogen (secondary N) is 1. The minimum atomic E-state index is -1.30. The largest absolute Gasteiger partial charge is 0.453 e. The number of pyridine rings is 1. The first-order valence-corrected chi connectivity index (χ1v) is 13.3. The zero-order valence-electron chi connectivity index (χ0n) is 22.4. The van der Waals surface area contributed by atoms with Crippen LogP contribution in [0.5, 0.6) is 11.5 Å². The van der Waals surface area contributed by atoms with Crippen molar-refractivity contribution in [2.45, 2.75) is 13.8 Å². The number of rotatable bonds is 10. The van der Waals surface area contributed by atoms with Crippen molar-refractivity contribution in [1.82, 2.24) is 14.8 Å². The summed E-state index contributed by atoms with van der Waals surface area (Å²) in [5.41, 5.74) is 5.85. The van der Waals surface area contributed by atoms with E-state index in [0.717, 1.165) is 36.2 Å². The lowest BCUT2D eigenvalue weighted by molar-refractivity contribution is -0.132. The van der Waals surface area contributed by atoms with Gasteiger partial charge in [-0.3, -0.25) is 9.59 Å². The van der Waals surface area contributed by atoms with Gasteiger partial charge in [-0.1, -0.05) is 25.4 Å². The Labute approximate surface area is 240 Å². The second-order valence-electron chi connectivity index (χ2n) is 9.20. The summed E-state index contributed by atoms with van der Waals surface area (Å²) in [5, 5.41) is 2.57. The van der Waals surface area contributed by atoms with E-state index in [-0.39, 0.29) is 46.8 Å². The molecule has 1 unspecified atom stereocenters. The number of carbonyl (C=O) groups is 3. The van der Waals surface area contributed by atoms with Crippen LogP contribution in [-0.2, 0) is 9.59 Å². The van der Waals surface area contributed by atoms with Gasteiger partial charge in [-0.15, -0.1) is 0 Å². The van der Waals surface area contributed by atoms with E-state index in [0.29, 0.717) is 6.54 Å². The monoisotopic (exact) mass is 586 g/mol. The fourth-order valence-electron chi connectivity index (χ4n) is 4.31. The van der Waals surface area contributed by atoms with Crippen molar-refractivity contribution in [3.8, 4) is 11.5 Å². The molecular weight excluding hydrogens is 558 g/mol. The molecule has 1 atom stereocenters. The molecule has 4 amide bonds. The maximum absolute atomic E-state index is 14.9. The number of anilines is 3. The highest BCUT2D eigenvalue weighted by Crippen LogP contribution is 2.34. The summed E-state index contributed by atoms with van der Waals surface area (Å²) in [6.45, 7) is 6.11. The number of amides is 4. The van der Waals surface area contributed by atoms with Crippen LogP contribution in [0.4, 0.5) is 30.8 Å². The third-order valence-corrected chi connectivity index (χ3v) is 7.05. The van der Waals surface area contributed by atoms with Gasteiger partial charge in [0.05, 0.1) is 5.69 Å². The van der Waals surface area contributed by atoms with E-state index in [2.05, 4.69) is 15.2 Å². The number of nitrogens with zero attached hydrogens (tertiary/aromatic N) is 4. The van der Waals surface area contributed by atoms with Crippen molar-refractivity contribution in [1.29, 1.82) is 0 Å². The number of imide groups is 1. The fraction of sp³-hybridized carbons (Fsp3) is 0.286. The van der Waals surface area contributed by atoms with Gasteiger partial charge in [-0.05, 0) is 49.5 Å². The maximum Gasteiger partial charge on any atom is 0.331 e. The SMILES string of the molecule is CCN(CC)CCN1CC(C(=O)Nc2ccc(Oc3ccnc(N)c3Cl)c(F)c2)C(=O)N(c2ccc(F)cc2)C1=O. The third kappa shape index (κ3) is 6.72. The van der Waals surface area contributed by atoms with E-state index in [4.69, 9.17) is 22.1 Å². The Morgan fingerprint density at radius 3 is 2.49 bits per heavy atom. The number of nitrogens with two attached hydrogens (primary N) is 1. The summed E-state index contributed by atoms with van der Waals surface area (Å²) >= 11 is 6.06. The number of nitrogen functional groups attached to an aromatic ring is 1. The Morgan fingerprint density at radius 1 is 1.12 bits per heavy atom. The van der Waals surface area contributed by atoms with Crippen LogP contribution in [0.1, 0.15) is 13.8 Å². The number of hydrogen-bond acceptors (Lipinski definition) is 7. The van der Waals surface area contributed by atoms with Crippen LogP contribution in [0.15, 0.2) is 54.7 Å². The molecular formula is C28H29ClF2N6O4. The van der Waals surface area contributed by atoms with Crippen molar-refractivity contribution in [3.05, 3.63) is 71.4 Å². The number of likely N-dealkylation sites (N-methyl/N-ethyl adjacent to an activating group) is 1. The quantitative estimate of drug-likeness (QED) is 0.329. The Kier molecular flexibility index (Phi) is 9.35. The van der Waals surface area contributed by atoms with Crippen molar-refractivity contribution in [2.24, 2.45) is 5.92 Å². The molecule has 1 aliphatic rings. The molecule has 216 valence electrons. The van der Waals surface area contributed by atoms with Crippen molar-refractivity contribution in [2.75, 3.05) is 48.7 Å². The minimum absolute atomic E-state index is 0.0184. The highest BCUT2D eigenvalue weighted by molar-refractivity contribution is 6.34. The molecule has 0 bridgehead atoms. The number of urea groups is 1. The van der Waals surface area contributed by atoms with Gasteiger partial charge in [-0.25, -0.2) is 23.5 Å². The van der Waals surface area contributed by atoms with E-state index >= 15 is 0 Å². The summed E-state index contributed by atoms with van der Waals surface area (Å²) in [6.07, 6.45) is 1.36. The van der Waals surface area contributed by atoms with Crippen LogP contribution in [0.2, 0.25) is 5.02 Å². The van der Waals surface area contributed by atoms with E-state index in [1.165, 1.54) is 41.4 Å². The third-order valence-electron chi connectivity index (χ3n) is 6.67. The topological polar surface area (TPSA) is 121 Å². The van der Waals surface area contributed by atoms with Gasteiger partial charge in [-0.2, -0.15) is 0 Å². The second kappa shape index (κ2) is 12.9. The smallest absolute Gasteiger partial charge is 0.331 e. The highest BCUT2D eigenvalue weighted by atomic mass is 35.5.